The van der Waals surface area contributed by atoms with Crippen molar-refractivity contribution in [2.45, 2.75) is 38.3 Å². The minimum atomic E-state index is -3.77. The van der Waals surface area contributed by atoms with Crippen molar-refractivity contribution in [3.63, 3.8) is 0 Å². The molecule has 0 aliphatic carbocycles. The van der Waals surface area contributed by atoms with Gasteiger partial charge in [0.15, 0.2) is 5.82 Å². The van der Waals surface area contributed by atoms with Crippen molar-refractivity contribution < 1.29 is 17.9 Å². The molecular weight excluding hydrogens is 686 g/mol. The maximum Gasteiger partial charge on any atom is 0.322 e. The number of urea groups is 1. The number of ether oxygens (including phenoxy) is 1. The summed E-state index contributed by atoms with van der Waals surface area (Å²) >= 11 is 4.26. The first-order valence-electron chi connectivity index (χ1n) is 10.4. The lowest BCUT2D eigenvalue weighted by atomic mass is 10.3. The summed E-state index contributed by atoms with van der Waals surface area (Å²) in [4.78, 5) is 11.9. The molecule has 0 saturated carbocycles. The highest BCUT2D eigenvalue weighted by Crippen LogP contribution is 2.26. The molecule has 3 aromatic rings. The second-order valence-corrected chi connectivity index (χ2v) is 11.2. The minimum Gasteiger partial charge on any atom is -0.424 e. The zero-order chi connectivity index (χ0) is 24.9. The third-order valence-corrected chi connectivity index (χ3v) is 9.02. The van der Waals surface area contributed by atoms with Gasteiger partial charge in [-0.05, 0) is 96.3 Å². The Bertz CT molecular complexity index is 1280. The molecule has 1 heterocycles. The maximum absolute atomic E-state index is 12.9. The van der Waals surface area contributed by atoms with E-state index in [1.54, 1.807) is 54.0 Å². The van der Waals surface area contributed by atoms with Crippen LogP contribution in [0.15, 0.2) is 47.4 Å². The number of nitrogens with one attached hydrogen (secondary N) is 3. The number of benzene rings is 2. The zero-order valence-corrected chi connectivity index (χ0v) is 23.8. The van der Waals surface area contributed by atoms with E-state index in [0.29, 0.717) is 30.4 Å². The number of hydrogen-bond acceptors (Lipinski definition) is 6. The minimum absolute atomic E-state index is 0.180. The van der Waals surface area contributed by atoms with Gasteiger partial charge in [0.1, 0.15) is 5.75 Å². The Morgan fingerprint density at radius 1 is 1.12 bits per heavy atom. The van der Waals surface area contributed by atoms with Crippen molar-refractivity contribution in [1.82, 2.24) is 24.8 Å². The molecular formula is C21H24I2N6O4S. The van der Waals surface area contributed by atoms with E-state index >= 15 is 0 Å². The average Bonchev–Trinajstić information content (AvgIpc) is 3.18. The number of carbonyl (C=O) groups excluding carboxylic acids is 1. The molecule has 0 radical (unpaired) electrons. The molecule has 0 spiro atoms. The van der Waals surface area contributed by atoms with Crippen LogP contribution in [0.2, 0.25) is 0 Å². The first kappa shape index (κ1) is 26.6. The topological polar surface area (TPSA) is 127 Å². The average molecular weight is 710 g/mol. The summed E-state index contributed by atoms with van der Waals surface area (Å²) in [5.74, 6) is 0.863. The van der Waals surface area contributed by atoms with Crippen LogP contribution in [0.4, 0.5) is 10.5 Å². The molecule has 0 saturated heterocycles. The van der Waals surface area contributed by atoms with Crippen molar-refractivity contribution >= 4 is 66.9 Å². The number of aromatic nitrogens is 3. The molecule has 0 aliphatic heterocycles. The quantitative estimate of drug-likeness (QED) is 0.282. The summed E-state index contributed by atoms with van der Waals surface area (Å²) in [5.41, 5.74) is 0.555. The Kier molecular flexibility index (Phi) is 9.11. The van der Waals surface area contributed by atoms with Gasteiger partial charge >= 0.3 is 12.0 Å². The zero-order valence-electron chi connectivity index (χ0n) is 18.7. The first-order chi connectivity index (χ1) is 16.1. The van der Waals surface area contributed by atoms with Gasteiger partial charge in [-0.2, -0.15) is 0 Å². The molecule has 3 rings (SSSR count). The van der Waals surface area contributed by atoms with Crippen LogP contribution in [-0.2, 0) is 16.6 Å². The molecule has 2 amide bonds. The van der Waals surface area contributed by atoms with Gasteiger partial charge in [-0.3, -0.25) is 4.57 Å². The van der Waals surface area contributed by atoms with Crippen LogP contribution in [0.25, 0.3) is 0 Å². The number of carbonyl (C=O) groups is 1. The Morgan fingerprint density at radius 3 is 2.56 bits per heavy atom. The van der Waals surface area contributed by atoms with Crippen LogP contribution in [0.3, 0.4) is 0 Å². The second-order valence-electron chi connectivity index (χ2n) is 7.12. The van der Waals surface area contributed by atoms with E-state index in [1.165, 1.54) is 0 Å². The number of anilines is 1. The summed E-state index contributed by atoms with van der Waals surface area (Å²) in [6.07, 6.45) is 0. The van der Waals surface area contributed by atoms with Crippen molar-refractivity contribution in [3.8, 4) is 11.8 Å². The standard InChI is InChI=1S/C21H24I2N6O4S/c1-4-24-20(30)25-14-7-6-8-15(11-14)33-21-27-26-19(29(21)5-2)13(3)28-34(31,32)16-9-10-17(22)18(23)12-16/h6-13,28H,4-5H2,1-3H3,(H2,24,25,30)/t13-/m1/s1. The van der Waals surface area contributed by atoms with Crippen LogP contribution in [0, 0.1) is 7.14 Å². The molecule has 10 nitrogen and oxygen atoms in total. The largest absolute Gasteiger partial charge is 0.424 e. The highest BCUT2D eigenvalue weighted by atomic mass is 127. The predicted molar refractivity (Wildman–Crippen MR) is 146 cm³/mol. The number of hydrogen-bond donors (Lipinski definition) is 3. The van der Waals surface area contributed by atoms with E-state index in [-0.39, 0.29) is 16.9 Å². The van der Waals surface area contributed by atoms with Gasteiger partial charge in [0, 0.05) is 32.0 Å². The van der Waals surface area contributed by atoms with E-state index in [1.807, 2.05) is 13.8 Å². The molecule has 2 aromatic carbocycles. The van der Waals surface area contributed by atoms with E-state index in [0.717, 1.165) is 7.14 Å². The molecule has 13 heteroatoms. The van der Waals surface area contributed by atoms with E-state index in [4.69, 9.17) is 4.74 Å². The summed E-state index contributed by atoms with van der Waals surface area (Å²) < 4.78 is 37.9. The number of nitrogens with zero attached hydrogens (tertiary/aromatic N) is 3. The summed E-state index contributed by atoms with van der Waals surface area (Å²) in [7, 11) is -3.77. The molecule has 182 valence electrons. The van der Waals surface area contributed by atoms with Crippen molar-refractivity contribution in [2.24, 2.45) is 0 Å². The van der Waals surface area contributed by atoms with Crippen LogP contribution >= 0.6 is 45.2 Å². The third-order valence-electron chi connectivity index (χ3n) is 4.62. The van der Waals surface area contributed by atoms with Gasteiger partial charge in [0.2, 0.25) is 10.0 Å². The molecule has 3 N–H and O–H groups in total. The molecule has 1 aromatic heterocycles. The van der Waals surface area contributed by atoms with Crippen LogP contribution < -0.4 is 20.1 Å². The molecule has 34 heavy (non-hydrogen) atoms. The summed E-state index contributed by atoms with van der Waals surface area (Å²) in [6.45, 7) is 6.38. The number of sulfonamides is 1. The molecule has 0 bridgehead atoms. The third kappa shape index (κ3) is 6.57. The molecule has 0 unspecified atom stereocenters. The van der Waals surface area contributed by atoms with Crippen molar-refractivity contribution in [1.29, 1.82) is 0 Å². The monoisotopic (exact) mass is 710 g/mol. The van der Waals surface area contributed by atoms with Gasteiger partial charge in [0.05, 0.1) is 10.9 Å². The van der Waals surface area contributed by atoms with Gasteiger partial charge in [-0.25, -0.2) is 17.9 Å². The van der Waals surface area contributed by atoms with Gasteiger partial charge in [-0.1, -0.05) is 11.2 Å². The highest BCUT2D eigenvalue weighted by molar-refractivity contribution is 14.1. The fourth-order valence-corrected chi connectivity index (χ4v) is 5.36. The van der Waals surface area contributed by atoms with Gasteiger partial charge < -0.3 is 15.4 Å². The van der Waals surface area contributed by atoms with E-state index in [2.05, 4.69) is 70.7 Å². The van der Waals surface area contributed by atoms with Crippen molar-refractivity contribution in [3.05, 3.63) is 55.4 Å². The Labute approximate surface area is 225 Å². The summed E-state index contributed by atoms with van der Waals surface area (Å²) in [6, 6.07) is 11.1. The summed E-state index contributed by atoms with van der Waals surface area (Å²) in [5, 5.41) is 13.7. The first-order valence-corrected chi connectivity index (χ1v) is 14.0. The fourth-order valence-electron chi connectivity index (χ4n) is 3.07. The fraction of sp³-hybridized carbons (Fsp3) is 0.286. The van der Waals surface area contributed by atoms with Crippen LogP contribution in [0.1, 0.15) is 32.6 Å². The van der Waals surface area contributed by atoms with E-state index < -0.39 is 16.1 Å². The molecule has 0 aliphatic rings. The SMILES string of the molecule is CCNC(=O)Nc1cccc(Oc2nnc([C@@H](C)NS(=O)(=O)c3ccc(I)c(I)c3)n2CC)c1. The van der Waals surface area contributed by atoms with E-state index in [9.17, 15) is 13.2 Å². The van der Waals surface area contributed by atoms with Crippen molar-refractivity contribution in [2.75, 3.05) is 11.9 Å². The normalized spacial score (nSPS) is 12.3. The smallest absolute Gasteiger partial charge is 0.322 e. The number of rotatable bonds is 9. The Hall–Kier alpha value is -1.98. The molecule has 1 atom stereocenters. The lowest BCUT2D eigenvalue weighted by molar-refractivity contribution is 0.252. The van der Waals surface area contributed by atoms with Crippen LogP contribution in [-0.4, -0.2) is 35.8 Å². The van der Waals surface area contributed by atoms with Crippen LogP contribution in [0.5, 0.6) is 11.8 Å². The number of amides is 2. The highest BCUT2D eigenvalue weighted by Gasteiger charge is 2.24. The Morgan fingerprint density at radius 2 is 1.88 bits per heavy atom. The van der Waals surface area contributed by atoms with Gasteiger partial charge in [0.25, 0.3) is 0 Å². The number of halogens is 2. The predicted octanol–water partition coefficient (Wildman–Crippen LogP) is 4.48. The maximum atomic E-state index is 12.9. The lowest BCUT2D eigenvalue weighted by Crippen LogP contribution is -2.29. The lowest BCUT2D eigenvalue weighted by Gasteiger charge is -2.16. The van der Waals surface area contributed by atoms with Gasteiger partial charge in [-0.15, -0.1) is 5.10 Å². The second kappa shape index (κ2) is 11.6. The Balaban J connectivity index is 1.78. The molecule has 0 fully saturated rings.